The maximum atomic E-state index is 12.5. The molecule has 2 heterocycles. The summed E-state index contributed by atoms with van der Waals surface area (Å²) in [6, 6.07) is 12.7. The van der Waals surface area contributed by atoms with E-state index in [0.717, 1.165) is 22.5 Å². The highest BCUT2D eigenvalue weighted by atomic mass is 35.5. The molecule has 146 valence electrons. The number of amides is 1. The number of carbonyl (C=O) groups excluding carboxylic acids is 1. The van der Waals surface area contributed by atoms with Gasteiger partial charge in [0, 0.05) is 16.1 Å². The van der Waals surface area contributed by atoms with Gasteiger partial charge in [0.2, 0.25) is 5.89 Å². The lowest BCUT2D eigenvalue weighted by atomic mass is 10.1. The summed E-state index contributed by atoms with van der Waals surface area (Å²) in [6.45, 7) is 3.98. The summed E-state index contributed by atoms with van der Waals surface area (Å²) in [5.41, 5.74) is 3.98. The molecule has 0 fully saturated rings. The van der Waals surface area contributed by atoms with Gasteiger partial charge in [-0.2, -0.15) is 5.10 Å². The van der Waals surface area contributed by atoms with Crippen LogP contribution in [0.3, 0.4) is 0 Å². The first-order valence-electron chi connectivity index (χ1n) is 8.97. The zero-order valence-corrected chi connectivity index (χ0v) is 16.6. The van der Waals surface area contributed by atoms with E-state index >= 15 is 0 Å². The lowest BCUT2D eigenvalue weighted by molar-refractivity contribution is 0.0947. The van der Waals surface area contributed by atoms with E-state index in [-0.39, 0.29) is 12.5 Å². The number of rotatable bonds is 5. The Labute approximate surface area is 172 Å². The molecule has 0 radical (unpaired) electrons. The SMILES string of the molecule is Cc1cc(C(=O)NCc2nc(C)c(-c3ccc(Cl)cc3)o2)ccc1-n1cncn1. The average molecular weight is 408 g/mol. The van der Waals surface area contributed by atoms with Crippen LogP contribution in [0.4, 0.5) is 0 Å². The van der Waals surface area contributed by atoms with Crippen LogP contribution in [0.15, 0.2) is 59.5 Å². The molecule has 1 N–H and O–H groups in total. The minimum absolute atomic E-state index is 0.192. The third kappa shape index (κ3) is 4.05. The van der Waals surface area contributed by atoms with Crippen molar-refractivity contribution in [2.24, 2.45) is 0 Å². The molecular formula is C21H18ClN5O2. The molecule has 1 amide bonds. The van der Waals surface area contributed by atoms with Gasteiger partial charge in [-0.05, 0) is 61.9 Å². The van der Waals surface area contributed by atoms with Crippen LogP contribution in [0.2, 0.25) is 5.02 Å². The second-order valence-electron chi connectivity index (χ2n) is 6.55. The summed E-state index contributed by atoms with van der Waals surface area (Å²) >= 11 is 5.94. The summed E-state index contributed by atoms with van der Waals surface area (Å²) in [7, 11) is 0. The van der Waals surface area contributed by atoms with Crippen LogP contribution >= 0.6 is 11.6 Å². The van der Waals surface area contributed by atoms with Crippen molar-refractivity contribution in [3.05, 3.63) is 82.9 Å². The minimum Gasteiger partial charge on any atom is -0.438 e. The monoisotopic (exact) mass is 407 g/mol. The Kier molecular flexibility index (Phi) is 5.14. The standard InChI is InChI=1S/C21H18ClN5O2/c1-13-9-16(5-8-18(13)27-12-23-11-25-27)21(28)24-10-19-26-14(2)20(29-19)15-3-6-17(22)7-4-15/h3-9,11-12H,10H2,1-2H3,(H,24,28). The fourth-order valence-electron chi connectivity index (χ4n) is 3.04. The van der Waals surface area contributed by atoms with Gasteiger partial charge in [-0.15, -0.1) is 0 Å². The Hall–Kier alpha value is -3.45. The number of aromatic nitrogens is 4. The molecular weight excluding hydrogens is 390 g/mol. The van der Waals surface area contributed by atoms with Crippen molar-refractivity contribution in [3.63, 3.8) is 0 Å². The van der Waals surface area contributed by atoms with E-state index in [4.69, 9.17) is 16.0 Å². The van der Waals surface area contributed by atoms with Gasteiger partial charge in [0.25, 0.3) is 5.91 Å². The first-order valence-corrected chi connectivity index (χ1v) is 9.35. The number of oxazole rings is 1. The normalized spacial score (nSPS) is 10.9. The van der Waals surface area contributed by atoms with Crippen LogP contribution < -0.4 is 5.32 Å². The van der Waals surface area contributed by atoms with Crippen LogP contribution in [0, 0.1) is 13.8 Å². The minimum atomic E-state index is -0.206. The molecule has 7 nitrogen and oxygen atoms in total. The topological polar surface area (TPSA) is 85.8 Å². The quantitative estimate of drug-likeness (QED) is 0.537. The highest BCUT2D eigenvalue weighted by molar-refractivity contribution is 6.30. The number of hydrogen-bond acceptors (Lipinski definition) is 5. The third-order valence-corrected chi connectivity index (χ3v) is 4.72. The predicted molar refractivity (Wildman–Crippen MR) is 109 cm³/mol. The van der Waals surface area contributed by atoms with Crippen LogP contribution in [0.5, 0.6) is 0 Å². The van der Waals surface area contributed by atoms with Gasteiger partial charge in [-0.25, -0.2) is 14.6 Å². The molecule has 0 saturated carbocycles. The zero-order valence-electron chi connectivity index (χ0n) is 15.9. The Bertz CT molecular complexity index is 1150. The molecule has 0 atom stereocenters. The van der Waals surface area contributed by atoms with Crippen molar-refractivity contribution in [1.29, 1.82) is 0 Å². The summed E-state index contributed by atoms with van der Waals surface area (Å²) in [6.07, 6.45) is 3.09. The maximum absolute atomic E-state index is 12.5. The average Bonchev–Trinajstić information content (AvgIpc) is 3.36. The molecule has 4 rings (SSSR count). The molecule has 0 unspecified atom stereocenters. The summed E-state index contributed by atoms with van der Waals surface area (Å²) in [4.78, 5) is 20.9. The van der Waals surface area contributed by atoms with Gasteiger partial charge in [0.15, 0.2) is 5.76 Å². The molecule has 0 aliphatic carbocycles. The Morgan fingerprint density at radius 1 is 1.17 bits per heavy atom. The van der Waals surface area contributed by atoms with Crippen molar-refractivity contribution in [1.82, 2.24) is 25.1 Å². The second-order valence-corrected chi connectivity index (χ2v) is 6.99. The second kappa shape index (κ2) is 7.89. The van der Waals surface area contributed by atoms with Gasteiger partial charge >= 0.3 is 0 Å². The number of nitrogens with zero attached hydrogens (tertiary/aromatic N) is 4. The molecule has 2 aromatic heterocycles. The van der Waals surface area contributed by atoms with Crippen molar-refractivity contribution < 1.29 is 9.21 Å². The zero-order chi connectivity index (χ0) is 20.4. The summed E-state index contributed by atoms with van der Waals surface area (Å²) < 4.78 is 7.49. The van der Waals surface area contributed by atoms with Crippen molar-refractivity contribution >= 4 is 17.5 Å². The fraction of sp³-hybridized carbons (Fsp3) is 0.143. The predicted octanol–water partition coefficient (Wildman–Crippen LogP) is 4.12. The number of carbonyl (C=O) groups is 1. The van der Waals surface area contributed by atoms with Crippen molar-refractivity contribution in [3.8, 4) is 17.0 Å². The molecule has 4 aromatic rings. The molecule has 0 saturated heterocycles. The van der Waals surface area contributed by atoms with E-state index in [1.165, 1.54) is 6.33 Å². The number of benzene rings is 2. The lowest BCUT2D eigenvalue weighted by Gasteiger charge is -2.08. The van der Waals surface area contributed by atoms with Crippen LogP contribution in [0.25, 0.3) is 17.0 Å². The highest BCUT2D eigenvalue weighted by Gasteiger charge is 2.14. The van der Waals surface area contributed by atoms with Gasteiger partial charge in [0.1, 0.15) is 12.7 Å². The van der Waals surface area contributed by atoms with Crippen LogP contribution in [0.1, 0.15) is 27.5 Å². The first kappa shape index (κ1) is 18.9. The maximum Gasteiger partial charge on any atom is 0.251 e. The fourth-order valence-corrected chi connectivity index (χ4v) is 3.17. The Balaban J connectivity index is 1.45. The van der Waals surface area contributed by atoms with Crippen molar-refractivity contribution in [2.75, 3.05) is 0 Å². The number of hydrogen-bond donors (Lipinski definition) is 1. The van der Waals surface area contributed by atoms with Gasteiger partial charge in [-0.1, -0.05) is 11.6 Å². The van der Waals surface area contributed by atoms with Gasteiger partial charge < -0.3 is 9.73 Å². The smallest absolute Gasteiger partial charge is 0.251 e. The molecule has 0 aliphatic rings. The van der Waals surface area contributed by atoms with E-state index in [9.17, 15) is 4.79 Å². The largest absolute Gasteiger partial charge is 0.438 e. The molecule has 2 aromatic carbocycles. The number of nitrogens with one attached hydrogen (secondary N) is 1. The molecule has 0 spiro atoms. The number of halogens is 1. The van der Waals surface area contributed by atoms with E-state index in [1.54, 1.807) is 29.2 Å². The Morgan fingerprint density at radius 2 is 1.97 bits per heavy atom. The Morgan fingerprint density at radius 3 is 2.66 bits per heavy atom. The van der Waals surface area contributed by atoms with Gasteiger partial charge in [0.05, 0.1) is 17.9 Å². The van der Waals surface area contributed by atoms with E-state index in [2.05, 4.69) is 20.4 Å². The van der Waals surface area contributed by atoms with E-state index in [0.29, 0.717) is 22.2 Å². The molecule has 0 aliphatic heterocycles. The van der Waals surface area contributed by atoms with Crippen LogP contribution in [-0.2, 0) is 6.54 Å². The lowest BCUT2D eigenvalue weighted by Crippen LogP contribution is -2.23. The summed E-state index contributed by atoms with van der Waals surface area (Å²) in [5.74, 6) is 0.901. The molecule has 29 heavy (non-hydrogen) atoms. The van der Waals surface area contributed by atoms with Crippen molar-refractivity contribution in [2.45, 2.75) is 20.4 Å². The first-order chi connectivity index (χ1) is 14.0. The van der Waals surface area contributed by atoms with E-state index in [1.807, 2.05) is 38.1 Å². The molecule has 8 heteroatoms. The number of aryl methyl sites for hydroxylation is 2. The van der Waals surface area contributed by atoms with E-state index < -0.39 is 0 Å². The van der Waals surface area contributed by atoms with Gasteiger partial charge in [-0.3, -0.25) is 4.79 Å². The summed E-state index contributed by atoms with van der Waals surface area (Å²) in [5, 5.41) is 7.62. The third-order valence-electron chi connectivity index (χ3n) is 4.47. The molecule has 0 bridgehead atoms. The highest BCUT2D eigenvalue weighted by Crippen LogP contribution is 2.26. The van der Waals surface area contributed by atoms with Crippen LogP contribution in [-0.4, -0.2) is 25.7 Å².